The summed E-state index contributed by atoms with van der Waals surface area (Å²) in [4.78, 5) is 11.6. The number of hydrogen-bond donors (Lipinski definition) is 2. The molecule has 2 N–H and O–H groups in total. The summed E-state index contributed by atoms with van der Waals surface area (Å²) in [6.07, 6.45) is 1.18. The topological polar surface area (TPSA) is 95.8 Å². The molecule has 0 aromatic heterocycles. The van der Waals surface area contributed by atoms with Crippen LogP contribution in [-0.4, -0.2) is 37.4 Å². The summed E-state index contributed by atoms with van der Waals surface area (Å²) in [6.45, 7) is 6.67. The summed E-state index contributed by atoms with van der Waals surface area (Å²) >= 11 is 0. The van der Waals surface area contributed by atoms with Gasteiger partial charge in [-0.15, -0.1) is 6.58 Å². The summed E-state index contributed by atoms with van der Waals surface area (Å²) < 4.78 is 23.6. The molecule has 0 aliphatic heterocycles. The number of nitrogens with zero attached hydrogens (tertiary/aromatic N) is 1. The largest absolute Gasteiger partial charge is 0.410 e. The van der Waals surface area contributed by atoms with E-state index in [1.54, 1.807) is 13.8 Å². The van der Waals surface area contributed by atoms with Crippen LogP contribution in [0, 0.1) is 11.8 Å². The zero-order chi connectivity index (χ0) is 13.6. The Kier molecular flexibility index (Phi) is 5.87. The maximum Gasteiger partial charge on any atom is 0.230 e. The molecule has 1 amide bonds. The van der Waals surface area contributed by atoms with Gasteiger partial charge >= 0.3 is 0 Å². The minimum absolute atomic E-state index is 0.305. The Labute approximate surface area is 101 Å². The van der Waals surface area contributed by atoms with E-state index in [1.807, 2.05) is 0 Å². The molecular weight excluding hydrogens is 244 g/mol. The molecule has 0 fully saturated rings. The predicted molar refractivity (Wildman–Crippen MR) is 65.6 cm³/mol. The van der Waals surface area contributed by atoms with Crippen LogP contribution in [0.5, 0.6) is 0 Å². The highest BCUT2D eigenvalue weighted by molar-refractivity contribution is 8.06. The molecular formula is C10H18N2O4S. The molecule has 0 spiro atoms. The number of hydrogen-bond acceptors (Lipinski definition) is 5. The lowest BCUT2D eigenvalue weighted by molar-refractivity contribution is -0.123. The lowest BCUT2D eigenvalue weighted by Gasteiger charge is -2.19. The normalized spacial score (nSPS) is 14.5. The third-order valence-electron chi connectivity index (χ3n) is 2.22. The molecule has 1 atom stereocenters. The molecule has 7 heteroatoms. The van der Waals surface area contributed by atoms with Crippen molar-refractivity contribution in [1.29, 1.82) is 0 Å². The third kappa shape index (κ3) is 3.85. The molecule has 0 aromatic carbocycles. The minimum Gasteiger partial charge on any atom is -0.410 e. The number of carbonyl (C=O) groups is 1. The molecule has 1 unspecified atom stereocenters. The van der Waals surface area contributed by atoms with Gasteiger partial charge in [0.15, 0.2) is 14.9 Å². The van der Waals surface area contributed by atoms with Crippen molar-refractivity contribution in [3.8, 4) is 0 Å². The lowest BCUT2D eigenvalue weighted by Crippen LogP contribution is -2.40. The van der Waals surface area contributed by atoms with E-state index in [2.05, 4.69) is 17.1 Å². The summed E-state index contributed by atoms with van der Waals surface area (Å²) in [7, 11) is -2.41. The fourth-order valence-electron chi connectivity index (χ4n) is 1.41. The van der Waals surface area contributed by atoms with Crippen LogP contribution in [0.25, 0.3) is 0 Å². The molecule has 0 saturated carbocycles. The van der Waals surface area contributed by atoms with Gasteiger partial charge in [0.05, 0.1) is 11.7 Å². The van der Waals surface area contributed by atoms with Crippen LogP contribution in [0.2, 0.25) is 0 Å². The van der Waals surface area contributed by atoms with Crippen LogP contribution >= 0.6 is 0 Å². The van der Waals surface area contributed by atoms with E-state index in [0.29, 0.717) is 0 Å². The van der Waals surface area contributed by atoms with Gasteiger partial charge in [-0.1, -0.05) is 25.1 Å². The van der Waals surface area contributed by atoms with Crippen molar-refractivity contribution in [2.75, 3.05) is 12.8 Å². The van der Waals surface area contributed by atoms with E-state index < -0.39 is 26.7 Å². The second-order valence-electron chi connectivity index (χ2n) is 3.84. The zero-order valence-corrected chi connectivity index (χ0v) is 11.0. The SMILES string of the molecule is C=CCS(=O)(=O)/C(=N\O)C(C(=O)NC)C(C)C. The highest BCUT2D eigenvalue weighted by Gasteiger charge is 2.35. The van der Waals surface area contributed by atoms with Crippen molar-refractivity contribution >= 4 is 20.8 Å². The quantitative estimate of drug-likeness (QED) is 0.246. The highest BCUT2D eigenvalue weighted by Crippen LogP contribution is 2.17. The fraction of sp³-hybridized carbons (Fsp3) is 0.600. The molecule has 0 aliphatic carbocycles. The van der Waals surface area contributed by atoms with Gasteiger partial charge in [0.1, 0.15) is 0 Å². The summed E-state index contributed by atoms with van der Waals surface area (Å²) in [5, 5.41) is 13.5. The average Bonchev–Trinajstić information content (AvgIpc) is 2.23. The minimum atomic E-state index is -3.80. The molecule has 17 heavy (non-hydrogen) atoms. The van der Waals surface area contributed by atoms with Crippen molar-refractivity contribution in [1.82, 2.24) is 5.32 Å². The second-order valence-corrected chi connectivity index (χ2v) is 5.83. The first-order chi connectivity index (χ1) is 7.81. The summed E-state index contributed by atoms with van der Waals surface area (Å²) in [5.41, 5.74) is 0. The number of nitrogens with one attached hydrogen (secondary N) is 1. The van der Waals surface area contributed by atoms with Crippen LogP contribution in [0.3, 0.4) is 0 Å². The first-order valence-electron chi connectivity index (χ1n) is 5.09. The summed E-state index contributed by atoms with van der Waals surface area (Å²) in [6, 6.07) is 0. The average molecular weight is 262 g/mol. The maximum absolute atomic E-state index is 11.8. The molecule has 6 nitrogen and oxygen atoms in total. The highest BCUT2D eigenvalue weighted by atomic mass is 32.2. The summed E-state index contributed by atoms with van der Waals surface area (Å²) in [5.74, 6) is -2.18. The predicted octanol–water partition coefficient (Wildman–Crippen LogP) is 0.393. The fourth-order valence-corrected chi connectivity index (χ4v) is 2.79. The van der Waals surface area contributed by atoms with Crippen LogP contribution in [0.1, 0.15) is 13.8 Å². The Hall–Kier alpha value is -1.37. The van der Waals surface area contributed by atoms with Crippen molar-refractivity contribution in [2.24, 2.45) is 17.0 Å². The van der Waals surface area contributed by atoms with Crippen molar-refractivity contribution < 1.29 is 18.4 Å². The molecule has 0 heterocycles. The molecule has 0 bridgehead atoms. The smallest absolute Gasteiger partial charge is 0.230 e. The van der Waals surface area contributed by atoms with E-state index in [0.717, 1.165) is 0 Å². The maximum atomic E-state index is 11.8. The number of oxime groups is 1. The number of sulfone groups is 1. The van der Waals surface area contributed by atoms with Gasteiger partial charge in [0.25, 0.3) is 0 Å². The van der Waals surface area contributed by atoms with Crippen molar-refractivity contribution in [3.05, 3.63) is 12.7 Å². The molecule has 0 saturated heterocycles. The molecule has 98 valence electrons. The Bertz CT molecular complexity index is 412. The molecule has 0 radical (unpaired) electrons. The Morgan fingerprint density at radius 1 is 1.53 bits per heavy atom. The third-order valence-corrected chi connectivity index (χ3v) is 3.86. The Balaban J connectivity index is 5.50. The molecule has 0 aliphatic rings. The lowest BCUT2D eigenvalue weighted by atomic mass is 9.96. The van der Waals surface area contributed by atoms with Crippen LogP contribution in [0.15, 0.2) is 17.8 Å². The van der Waals surface area contributed by atoms with Crippen molar-refractivity contribution in [3.63, 3.8) is 0 Å². The standard InChI is InChI=1S/C10H18N2O4S/c1-5-6-17(15,16)10(12-14)8(7(2)3)9(13)11-4/h5,7-8,14H,1,6H2,2-4H3,(H,11,13)/b12-10-. The monoisotopic (exact) mass is 262 g/mol. The number of amides is 1. The zero-order valence-electron chi connectivity index (χ0n) is 10.2. The first kappa shape index (κ1) is 15.6. The van der Waals surface area contributed by atoms with Gasteiger partial charge in [0.2, 0.25) is 5.91 Å². The van der Waals surface area contributed by atoms with E-state index in [-0.39, 0.29) is 11.7 Å². The van der Waals surface area contributed by atoms with Gasteiger partial charge < -0.3 is 10.5 Å². The van der Waals surface area contributed by atoms with E-state index in [9.17, 15) is 13.2 Å². The Morgan fingerprint density at radius 3 is 2.35 bits per heavy atom. The van der Waals surface area contributed by atoms with Crippen molar-refractivity contribution in [2.45, 2.75) is 13.8 Å². The van der Waals surface area contributed by atoms with Crippen LogP contribution in [0.4, 0.5) is 0 Å². The second kappa shape index (κ2) is 6.39. The van der Waals surface area contributed by atoms with Gasteiger partial charge in [-0.05, 0) is 5.92 Å². The van der Waals surface area contributed by atoms with Crippen LogP contribution in [-0.2, 0) is 14.6 Å². The Morgan fingerprint density at radius 2 is 2.06 bits per heavy atom. The number of rotatable bonds is 5. The van der Waals surface area contributed by atoms with E-state index >= 15 is 0 Å². The van der Waals surface area contributed by atoms with Gasteiger partial charge in [-0.25, -0.2) is 8.42 Å². The first-order valence-corrected chi connectivity index (χ1v) is 6.74. The van der Waals surface area contributed by atoms with E-state index in [1.165, 1.54) is 13.1 Å². The van der Waals surface area contributed by atoms with E-state index in [4.69, 9.17) is 5.21 Å². The molecule has 0 rings (SSSR count). The van der Waals surface area contributed by atoms with Crippen LogP contribution < -0.4 is 5.32 Å². The van der Waals surface area contributed by atoms with Gasteiger partial charge in [0, 0.05) is 7.05 Å². The van der Waals surface area contributed by atoms with Gasteiger partial charge in [-0.3, -0.25) is 4.79 Å². The number of carbonyl (C=O) groups excluding carboxylic acids is 1. The van der Waals surface area contributed by atoms with Gasteiger partial charge in [-0.2, -0.15) is 0 Å². The molecule has 0 aromatic rings.